The van der Waals surface area contributed by atoms with E-state index >= 15 is 0 Å². The second kappa shape index (κ2) is 6.19. The van der Waals surface area contributed by atoms with Gasteiger partial charge in [-0.3, -0.25) is 5.32 Å². The van der Waals surface area contributed by atoms with Gasteiger partial charge in [-0.2, -0.15) is 0 Å². The standard InChI is InChI=1S/C15H17NO2/c1-12(17)16-11-13-6-5-9-15(10-13)18-14-7-3-2-4-8-14/h2-10,12,16-17H,11H2,1H3. The Labute approximate surface area is 107 Å². The second-order valence-corrected chi connectivity index (χ2v) is 4.12. The van der Waals surface area contributed by atoms with Gasteiger partial charge >= 0.3 is 0 Å². The SMILES string of the molecule is CC(O)NCc1cccc(Oc2ccccc2)c1. The van der Waals surface area contributed by atoms with Crippen molar-refractivity contribution in [1.29, 1.82) is 0 Å². The minimum Gasteiger partial charge on any atom is -0.457 e. The van der Waals surface area contributed by atoms with E-state index in [9.17, 15) is 5.11 Å². The van der Waals surface area contributed by atoms with Gasteiger partial charge < -0.3 is 9.84 Å². The van der Waals surface area contributed by atoms with E-state index in [4.69, 9.17) is 4.74 Å². The number of hydrogen-bond acceptors (Lipinski definition) is 3. The van der Waals surface area contributed by atoms with Crippen LogP contribution in [0.3, 0.4) is 0 Å². The van der Waals surface area contributed by atoms with Gasteiger partial charge in [0.05, 0.1) is 0 Å². The number of rotatable bonds is 5. The average molecular weight is 243 g/mol. The maximum Gasteiger partial charge on any atom is 0.127 e. The number of benzene rings is 2. The Balaban J connectivity index is 2.03. The lowest BCUT2D eigenvalue weighted by atomic mass is 10.2. The molecule has 0 bridgehead atoms. The number of aliphatic hydroxyl groups excluding tert-OH is 1. The van der Waals surface area contributed by atoms with E-state index in [0.29, 0.717) is 6.54 Å². The van der Waals surface area contributed by atoms with Crippen LogP contribution in [0, 0.1) is 0 Å². The van der Waals surface area contributed by atoms with E-state index in [2.05, 4.69) is 5.32 Å². The minimum atomic E-state index is -0.510. The molecule has 2 aromatic rings. The van der Waals surface area contributed by atoms with E-state index in [-0.39, 0.29) is 0 Å². The van der Waals surface area contributed by atoms with Crippen molar-refractivity contribution in [3.8, 4) is 11.5 Å². The molecular formula is C15H17NO2. The van der Waals surface area contributed by atoms with Crippen molar-refractivity contribution in [2.75, 3.05) is 0 Å². The molecule has 0 saturated heterocycles. The fourth-order valence-corrected chi connectivity index (χ4v) is 1.61. The Morgan fingerprint density at radius 3 is 2.50 bits per heavy atom. The third-order valence-corrected chi connectivity index (χ3v) is 2.48. The molecule has 1 atom stereocenters. The lowest BCUT2D eigenvalue weighted by molar-refractivity contribution is 0.155. The van der Waals surface area contributed by atoms with Crippen LogP contribution >= 0.6 is 0 Å². The second-order valence-electron chi connectivity index (χ2n) is 4.12. The number of para-hydroxylation sites is 1. The first-order chi connectivity index (χ1) is 8.74. The number of hydrogen-bond donors (Lipinski definition) is 2. The van der Waals surface area contributed by atoms with E-state index in [1.165, 1.54) is 0 Å². The molecule has 0 aliphatic rings. The summed E-state index contributed by atoms with van der Waals surface area (Å²) in [5.41, 5.74) is 1.07. The summed E-state index contributed by atoms with van der Waals surface area (Å²) in [6.07, 6.45) is -0.510. The normalized spacial score (nSPS) is 12.1. The smallest absolute Gasteiger partial charge is 0.127 e. The van der Waals surface area contributed by atoms with Crippen LogP contribution in [0.25, 0.3) is 0 Å². The molecule has 0 aliphatic heterocycles. The van der Waals surface area contributed by atoms with Crippen LogP contribution in [-0.4, -0.2) is 11.3 Å². The Morgan fingerprint density at radius 2 is 1.78 bits per heavy atom. The predicted molar refractivity (Wildman–Crippen MR) is 71.5 cm³/mol. The van der Waals surface area contributed by atoms with Crippen LogP contribution < -0.4 is 10.1 Å². The van der Waals surface area contributed by atoms with Crippen LogP contribution in [0.2, 0.25) is 0 Å². The first-order valence-corrected chi connectivity index (χ1v) is 5.97. The van der Waals surface area contributed by atoms with Crippen molar-refractivity contribution in [2.24, 2.45) is 0 Å². The molecule has 2 N–H and O–H groups in total. The van der Waals surface area contributed by atoms with Crippen molar-refractivity contribution in [2.45, 2.75) is 19.7 Å². The number of nitrogens with one attached hydrogen (secondary N) is 1. The highest BCUT2D eigenvalue weighted by atomic mass is 16.5. The van der Waals surface area contributed by atoms with Gasteiger partial charge in [0.1, 0.15) is 17.7 Å². The molecule has 2 rings (SSSR count). The Hall–Kier alpha value is -1.84. The summed E-state index contributed by atoms with van der Waals surface area (Å²) in [5, 5.41) is 12.1. The largest absolute Gasteiger partial charge is 0.457 e. The maximum absolute atomic E-state index is 9.18. The highest BCUT2D eigenvalue weighted by molar-refractivity contribution is 5.33. The summed E-state index contributed by atoms with van der Waals surface area (Å²) >= 11 is 0. The molecule has 0 amide bonds. The molecule has 0 spiro atoms. The van der Waals surface area contributed by atoms with E-state index in [0.717, 1.165) is 17.1 Å². The molecule has 1 unspecified atom stereocenters. The van der Waals surface area contributed by atoms with E-state index < -0.39 is 6.23 Å². The highest BCUT2D eigenvalue weighted by Gasteiger charge is 2.00. The van der Waals surface area contributed by atoms with Crippen molar-refractivity contribution >= 4 is 0 Å². The van der Waals surface area contributed by atoms with Crippen molar-refractivity contribution in [1.82, 2.24) is 5.32 Å². The van der Waals surface area contributed by atoms with Crippen LogP contribution in [0.15, 0.2) is 54.6 Å². The fourth-order valence-electron chi connectivity index (χ4n) is 1.61. The molecule has 0 aromatic heterocycles. The molecule has 18 heavy (non-hydrogen) atoms. The lowest BCUT2D eigenvalue weighted by Gasteiger charge is -2.09. The van der Waals surface area contributed by atoms with Crippen LogP contribution in [0.1, 0.15) is 12.5 Å². The Morgan fingerprint density at radius 1 is 1.06 bits per heavy atom. The van der Waals surface area contributed by atoms with Gasteiger partial charge in [-0.25, -0.2) is 0 Å². The molecule has 0 fully saturated rings. The lowest BCUT2D eigenvalue weighted by Crippen LogP contribution is -2.24. The fraction of sp³-hybridized carbons (Fsp3) is 0.200. The van der Waals surface area contributed by atoms with Gasteiger partial charge in [0, 0.05) is 6.54 Å². The summed E-state index contributed by atoms with van der Waals surface area (Å²) in [4.78, 5) is 0. The summed E-state index contributed by atoms with van der Waals surface area (Å²) in [5.74, 6) is 1.62. The molecule has 0 heterocycles. The molecule has 94 valence electrons. The van der Waals surface area contributed by atoms with Crippen molar-refractivity contribution < 1.29 is 9.84 Å². The van der Waals surface area contributed by atoms with Crippen molar-refractivity contribution in [3.63, 3.8) is 0 Å². The van der Waals surface area contributed by atoms with E-state index in [1.54, 1.807) is 6.92 Å². The topological polar surface area (TPSA) is 41.5 Å². The Bertz CT molecular complexity index is 483. The molecule has 3 heteroatoms. The quantitative estimate of drug-likeness (QED) is 0.793. The highest BCUT2D eigenvalue weighted by Crippen LogP contribution is 2.21. The molecule has 3 nitrogen and oxygen atoms in total. The summed E-state index contributed by atoms with van der Waals surface area (Å²) in [6, 6.07) is 17.5. The van der Waals surface area contributed by atoms with Gasteiger partial charge in [-0.05, 0) is 36.8 Å². The van der Waals surface area contributed by atoms with Gasteiger partial charge in [0.2, 0.25) is 0 Å². The van der Waals surface area contributed by atoms with Gasteiger partial charge in [-0.1, -0.05) is 30.3 Å². The number of ether oxygens (including phenoxy) is 1. The van der Waals surface area contributed by atoms with Crippen LogP contribution in [0.4, 0.5) is 0 Å². The zero-order valence-electron chi connectivity index (χ0n) is 10.3. The van der Waals surface area contributed by atoms with Gasteiger partial charge in [-0.15, -0.1) is 0 Å². The average Bonchev–Trinajstić information content (AvgIpc) is 2.38. The molecular weight excluding hydrogens is 226 g/mol. The number of aliphatic hydroxyl groups is 1. The molecule has 0 aliphatic carbocycles. The molecule has 0 radical (unpaired) electrons. The summed E-state index contributed by atoms with van der Waals surface area (Å²) < 4.78 is 5.74. The van der Waals surface area contributed by atoms with Crippen LogP contribution in [0.5, 0.6) is 11.5 Å². The zero-order chi connectivity index (χ0) is 12.8. The third-order valence-electron chi connectivity index (χ3n) is 2.48. The Kier molecular flexibility index (Phi) is 4.34. The maximum atomic E-state index is 9.18. The van der Waals surface area contributed by atoms with Gasteiger partial charge in [0.15, 0.2) is 0 Å². The minimum absolute atomic E-state index is 0.510. The van der Waals surface area contributed by atoms with Gasteiger partial charge in [0.25, 0.3) is 0 Å². The van der Waals surface area contributed by atoms with E-state index in [1.807, 2.05) is 54.6 Å². The third kappa shape index (κ3) is 3.87. The first-order valence-electron chi connectivity index (χ1n) is 5.97. The molecule has 0 saturated carbocycles. The van der Waals surface area contributed by atoms with Crippen LogP contribution in [-0.2, 0) is 6.54 Å². The molecule has 2 aromatic carbocycles. The predicted octanol–water partition coefficient (Wildman–Crippen LogP) is 2.91. The zero-order valence-corrected chi connectivity index (χ0v) is 10.3. The summed E-state index contributed by atoms with van der Waals surface area (Å²) in [6.45, 7) is 2.31. The monoisotopic (exact) mass is 243 g/mol. The summed E-state index contributed by atoms with van der Waals surface area (Å²) in [7, 11) is 0. The first kappa shape index (κ1) is 12.6. The van der Waals surface area contributed by atoms with Crippen molar-refractivity contribution in [3.05, 3.63) is 60.2 Å².